The van der Waals surface area contributed by atoms with Gasteiger partial charge in [-0.05, 0) is 24.7 Å². The zero-order chi connectivity index (χ0) is 14.9. The molecule has 3 unspecified atom stereocenters. The molecule has 2 aliphatic carbocycles. The van der Waals surface area contributed by atoms with Crippen LogP contribution in [0, 0.1) is 17.8 Å². The second-order valence-electron chi connectivity index (χ2n) is 5.58. The van der Waals surface area contributed by atoms with Crippen molar-refractivity contribution in [3.63, 3.8) is 0 Å². The van der Waals surface area contributed by atoms with Crippen molar-refractivity contribution in [2.45, 2.75) is 43.0 Å². The molecular weight excluding hydrogens is 290 g/mol. The van der Waals surface area contributed by atoms with E-state index in [1.54, 1.807) is 0 Å². The quantitative estimate of drug-likeness (QED) is 0.575. The lowest BCUT2D eigenvalue weighted by Crippen LogP contribution is -2.62. The maximum absolute atomic E-state index is 13.2. The van der Waals surface area contributed by atoms with Gasteiger partial charge in [0.05, 0.1) is 12.4 Å². The minimum atomic E-state index is -5.52. The number of ether oxygens (including phenoxy) is 2. The Morgan fingerprint density at radius 1 is 1.10 bits per heavy atom. The van der Waals surface area contributed by atoms with E-state index in [-0.39, 0.29) is 18.8 Å². The predicted octanol–water partition coefficient (Wildman–Crippen LogP) is 3.43. The Bertz CT molecular complexity index is 413. The van der Waals surface area contributed by atoms with Gasteiger partial charge < -0.3 is 9.47 Å². The fourth-order valence-corrected chi connectivity index (χ4v) is 4.22. The van der Waals surface area contributed by atoms with Gasteiger partial charge >= 0.3 is 12.4 Å². The van der Waals surface area contributed by atoms with Gasteiger partial charge in [-0.1, -0.05) is 6.58 Å². The van der Waals surface area contributed by atoms with Crippen molar-refractivity contribution >= 4 is 0 Å². The van der Waals surface area contributed by atoms with Crippen molar-refractivity contribution in [2.24, 2.45) is 17.8 Å². The molecule has 0 amide bonds. The molecule has 0 aromatic rings. The van der Waals surface area contributed by atoms with Gasteiger partial charge in [-0.2, -0.15) is 26.3 Å². The number of fused-ring (bicyclic) bond motifs is 1. The van der Waals surface area contributed by atoms with E-state index in [0.29, 0.717) is 0 Å². The van der Waals surface area contributed by atoms with Crippen molar-refractivity contribution < 1.29 is 35.8 Å². The summed E-state index contributed by atoms with van der Waals surface area (Å²) >= 11 is 0. The largest absolute Gasteiger partial charge is 0.498 e. The summed E-state index contributed by atoms with van der Waals surface area (Å²) in [6, 6.07) is 0. The Balaban J connectivity index is 2.10. The van der Waals surface area contributed by atoms with Crippen molar-refractivity contribution in [2.75, 3.05) is 0 Å². The molecule has 1 heterocycles. The van der Waals surface area contributed by atoms with Crippen LogP contribution in [-0.2, 0) is 9.47 Å². The summed E-state index contributed by atoms with van der Waals surface area (Å²) in [5.41, 5.74) is -4.12. The first-order valence-electron chi connectivity index (χ1n) is 6.21. The molecule has 20 heavy (non-hydrogen) atoms. The Labute approximate surface area is 110 Å². The van der Waals surface area contributed by atoms with E-state index in [0.717, 1.165) is 6.26 Å². The number of rotatable bonds is 2. The average Bonchev–Trinajstić information content (AvgIpc) is 2.84. The van der Waals surface area contributed by atoms with Gasteiger partial charge in [0, 0.05) is 5.92 Å². The topological polar surface area (TPSA) is 18.5 Å². The first-order valence-corrected chi connectivity index (χ1v) is 6.21. The predicted molar refractivity (Wildman–Crippen MR) is 54.5 cm³/mol. The molecule has 0 aromatic heterocycles. The van der Waals surface area contributed by atoms with Crippen molar-refractivity contribution in [1.29, 1.82) is 0 Å². The SMILES string of the molecule is C=COC1C2[C@@H]3C[C@H]1CC3OC2(C(F)(F)F)C(F)(F)F. The Morgan fingerprint density at radius 3 is 2.20 bits per heavy atom. The third kappa shape index (κ3) is 1.46. The van der Waals surface area contributed by atoms with Gasteiger partial charge in [0.2, 0.25) is 0 Å². The maximum Gasteiger partial charge on any atom is 0.426 e. The normalized spacial score (nSPS) is 42.0. The molecule has 2 bridgehead atoms. The second kappa shape index (κ2) is 3.84. The van der Waals surface area contributed by atoms with Crippen LogP contribution in [0.4, 0.5) is 26.3 Å². The highest BCUT2D eigenvalue weighted by Gasteiger charge is 2.85. The van der Waals surface area contributed by atoms with Gasteiger partial charge in [0.1, 0.15) is 6.10 Å². The van der Waals surface area contributed by atoms with Crippen molar-refractivity contribution in [3.05, 3.63) is 12.8 Å². The van der Waals surface area contributed by atoms with Crippen LogP contribution in [0.2, 0.25) is 0 Å². The van der Waals surface area contributed by atoms with E-state index in [9.17, 15) is 26.3 Å². The minimum absolute atomic E-state index is 0.174. The Kier molecular flexibility index (Phi) is 2.69. The van der Waals surface area contributed by atoms with Crippen LogP contribution >= 0.6 is 0 Å². The smallest absolute Gasteiger partial charge is 0.426 e. The molecule has 2 saturated carbocycles. The molecule has 0 radical (unpaired) electrons. The van der Waals surface area contributed by atoms with E-state index in [4.69, 9.17) is 4.74 Å². The van der Waals surface area contributed by atoms with E-state index >= 15 is 0 Å². The van der Waals surface area contributed by atoms with Gasteiger partial charge in [0.15, 0.2) is 0 Å². The van der Waals surface area contributed by atoms with Crippen molar-refractivity contribution in [1.82, 2.24) is 0 Å². The third-order valence-electron chi connectivity index (χ3n) is 4.77. The lowest BCUT2D eigenvalue weighted by molar-refractivity contribution is -0.387. The van der Waals surface area contributed by atoms with E-state index in [1.165, 1.54) is 0 Å². The lowest BCUT2D eigenvalue weighted by Gasteiger charge is -2.39. The second-order valence-corrected chi connectivity index (χ2v) is 5.58. The summed E-state index contributed by atoms with van der Waals surface area (Å²) in [6.07, 6.45) is -11.8. The average molecular weight is 302 g/mol. The zero-order valence-electron chi connectivity index (χ0n) is 10.2. The molecule has 1 saturated heterocycles. The zero-order valence-corrected chi connectivity index (χ0v) is 10.2. The van der Waals surface area contributed by atoms with Crippen LogP contribution in [0.1, 0.15) is 12.8 Å². The third-order valence-corrected chi connectivity index (χ3v) is 4.77. The van der Waals surface area contributed by atoms with Gasteiger partial charge in [-0.15, -0.1) is 0 Å². The maximum atomic E-state index is 13.2. The van der Waals surface area contributed by atoms with Crippen LogP contribution in [0.25, 0.3) is 0 Å². The summed E-state index contributed by atoms with van der Waals surface area (Å²) in [5, 5.41) is 0. The molecular formula is C12H12F6O2. The molecule has 114 valence electrons. The molecule has 1 aliphatic heterocycles. The van der Waals surface area contributed by atoms with Crippen LogP contribution in [-0.4, -0.2) is 30.2 Å². The summed E-state index contributed by atoms with van der Waals surface area (Å²) < 4.78 is 88.9. The molecule has 3 fully saturated rings. The molecule has 0 N–H and O–H groups in total. The van der Waals surface area contributed by atoms with E-state index in [2.05, 4.69) is 11.3 Å². The highest BCUT2D eigenvalue weighted by molar-refractivity contribution is 5.20. The summed E-state index contributed by atoms with van der Waals surface area (Å²) in [6.45, 7) is 3.24. The molecule has 3 aliphatic rings. The van der Waals surface area contributed by atoms with Crippen LogP contribution in [0.15, 0.2) is 12.8 Å². The fraction of sp³-hybridized carbons (Fsp3) is 0.833. The standard InChI is InChI=1S/C12H12F6O2/c1-2-19-9-5-3-6-7(4-5)20-10(8(6)9,11(13,14)15)12(16,17)18/h2,5-9H,1,3-4H2/t5-,6+,7?,8?,9?/m0/s1. The van der Waals surface area contributed by atoms with Crippen LogP contribution in [0.5, 0.6) is 0 Å². The van der Waals surface area contributed by atoms with Gasteiger partial charge in [-0.3, -0.25) is 0 Å². The Hall–Kier alpha value is -0.920. The first kappa shape index (κ1) is 14.0. The Morgan fingerprint density at radius 2 is 1.70 bits per heavy atom. The van der Waals surface area contributed by atoms with E-state index < -0.39 is 42.0 Å². The van der Waals surface area contributed by atoms with E-state index in [1.807, 2.05) is 0 Å². The summed E-state index contributed by atoms with van der Waals surface area (Å²) in [5.74, 6) is -2.84. The number of hydrogen-bond acceptors (Lipinski definition) is 2. The molecule has 0 aromatic carbocycles. The number of alkyl halides is 6. The lowest BCUT2D eigenvalue weighted by atomic mass is 9.76. The molecule has 2 nitrogen and oxygen atoms in total. The number of halogens is 6. The summed E-state index contributed by atoms with van der Waals surface area (Å²) in [4.78, 5) is 0. The van der Waals surface area contributed by atoms with Crippen molar-refractivity contribution in [3.8, 4) is 0 Å². The minimum Gasteiger partial charge on any atom is -0.498 e. The number of hydrogen-bond donors (Lipinski definition) is 0. The van der Waals surface area contributed by atoms with Gasteiger partial charge in [-0.25, -0.2) is 0 Å². The first-order chi connectivity index (χ1) is 9.13. The van der Waals surface area contributed by atoms with Crippen LogP contribution < -0.4 is 0 Å². The molecule has 5 atom stereocenters. The highest BCUT2D eigenvalue weighted by Crippen LogP contribution is 2.68. The summed E-state index contributed by atoms with van der Waals surface area (Å²) in [7, 11) is 0. The molecule has 3 rings (SSSR count). The fourth-order valence-electron chi connectivity index (χ4n) is 4.22. The van der Waals surface area contributed by atoms with Gasteiger partial charge in [0.25, 0.3) is 5.60 Å². The highest BCUT2D eigenvalue weighted by atomic mass is 19.4. The molecule has 8 heteroatoms. The molecule has 0 spiro atoms. The van der Waals surface area contributed by atoms with Crippen LogP contribution in [0.3, 0.4) is 0 Å². The monoisotopic (exact) mass is 302 g/mol.